The molecule has 22 heavy (non-hydrogen) atoms. The van der Waals surface area contributed by atoms with Crippen LogP contribution >= 0.6 is 0 Å². The Balaban J connectivity index is 2.34. The third kappa shape index (κ3) is 3.54. The zero-order valence-corrected chi connectivity index (χ0v) is 13.4. The second kappa shape index (κ2) is 6.75. The zero-order chi connectivity index (χ0) is 16.3. The number of benzene rings is 1. The number of ether oxygens (including phenoxy) is 1. The van der Waals surface area contributed by atoms with Crippen LogP contribution in [0.15, 0.2) is 24.3 Å². The maximum atomic E-state index is 12.4. The van der Waals surface area contributed by atoms with Gasteiger partial charge in [-0.25, -0.2) is 0 Å². The Morgan fingerprint density at radius 2 is 2.09 bits per heavy atom. The highest BCUT2D eigenvalue weighted by Gasteiger charge is 2.15. The predicted molar refractivity (Wildman–Crippen MR) is 86.2 cm³/mol. The predicted octanol–water partition coefficient (Wildman–Crippen LogP) is 2.30. The first kappa shape index (κ1) is 16.2. The van der Waals surface area contributed by atoms with E-state index in [0.29, 0.717) is 11.3 Å². The summed E-state index contributed by atoms with van der Waals surface area (Å²) >= 11 is 0. The quantitative estimate of drug-likeness (QED) is 0.889. The van der Waals surface area contributed by atoms with Gasteiger partial charge in [0.1, 0.15) is 5.75 Å². The van der Waals surface area contributed by atoms with Crippen molar-refractivity contribution >= 4 is 16.8 Å². The first-order valence-electron chi connectivity index (χ1n) is 7.34. The maximum absolute atomic E-state index is 12.4. The van der Waals surface area contributed by atoms with Crippen molar-refractivity contribution in [2.24, 2.45) is 5.92 Å². The molecule has 1 aromatic carbocycles. The molecule has 2 aromatic rings. The number of carbonyl (C=O) groups is 1. The van der Waals surface area contributed by atoms with Crippen molar-refractivity contribution < 1.29 is 14.6 Å². The molecule has 1 unspecified atom stereocenters. The summed E-state index contributed by atoms with van der Waals surface area (Å²) < 4.78 is 5.22. The summed E-state index contributed by atoms with van der Waals surface area (Å²) in [4.78, 5) is 16.9. The highest BCUT2D eigenvalue weighted by atomic mass is 16.5. The Kier molecular flexibility index (Phi) is 4.98. The minimum Gasteiger partial charge on any atom is -0.497 e. The summed E-state index contributed by atoms with van der Waals surface area (Å²) in [6.07, 6.45) is -0.562. The van der Waals surface area contributed by atoms with Crippen LogP contribution in [-0.4, -0.2) is 35.8 Å². The first-order valence-corrected chi connectivity index (χ1v) is 7.34. The SMILES string of the molecule is COc1ccc2nc(C)cc(C(=O)NCC(O)C(C)C)c2c1. The van der Waals surface area contributed by atoms with Crippen molar-refractivity contribution in [3.05, 3.63) is 35.5 Å². The summed E-state index contributed by atoms with van der Waals surface area (Å²) in [5, 5.41) is 13.3. The lowest BCUT2D eigenvalue weighted by Gasteiger charge is -2.16. The number of aromatic nitrogens is 1. The van der Waals surface area contributed by atoms with E-state index in [2.05, 4.69) is 10.3 Å². The average molecular weight is 302 g/mol. The first-order chi connectivity index (χ1) is 10.4. The number of hydrogen-bond donors (Lipinski definition) is 2. The number of rotatable bonds is 5. The topological polar surface area (TPSA) is 71.5 Å². The van der Waals surface area contributed by atoms with Gasteiger partial charge in [0.2, 0.25) is 0 Å². The van der Waals surface area contributed by atoms with Crippen LogP contribution in [-0.2, 0) is 0 Å². The van der Waals surface area contributed by atoms with E-state index >= 15 is 0 Å². The number of nitrogens with zero attached hydrogens (tertiary/aromatic N) is 1. The lowest BCUT2D eigenvalue weighted by molar-refractivity contribution is 0.0873. The van der Waals surface area contributed by atoms with Gasteiger partial charge in [0.05, 0.1) is 24.3 Å². The number of nitrogens with one attached hydrogen (secondary N) is 1. The van der Waals surface area contributed by atoms with Gasteiger partial charge in [-0.1, -0.05) is 13.8 Å². The molecule has 2 rings (SSSR count). The normalized spacial score (nSPS) is 12.5. The molecule has 2 N–H and O–H groups in total. The van der Waals surface area contributed by atoms with Crippen molar-refractivity contribution in [3.63, 3.8) is 0 Å². The van der Waals surface area contributed by atoms with E-state index < -0.39 is 6.10 Å². The van der Waals surface area contributed by atoms with Gasteiger partial charge in [-0.3, -0.25) is 9.78 Å². The van der Waals surface area contributed by atoms with Gasteiger partial charge in [-0.2, -0.15) is 0 Å². The fraction of sp³-hybridized carbons (Fsp3) is 0.412. The van der Waals surface area contributed by atoms with Gasteiger partial charge >= 0.3 is 0 Å². The Morgan fingerprint density at radius 3 is 2.73 bits per heavy atom. The Morgan fingerprint density at radius 1 is 1.36 bits per heavy atom. The lowest BCUT2D eigenvalue weighted by atomic mass is 10.1. The third-order valence-electron chi connectivity index (χ3n) is 3.63. The Bertz CT molecular complexity index is 683. The molecule has 0 fully saturated rings. The number of aryl methyl sites for hydroxylation is 1. The molecule has 0 radical (unpaired) electrons. The minimum absolute atomic E-state index is 0.0938. The molecule has 5 nitrogen and oxygen atoms in total. The fourth-order valence-corrected chi connectivity index (χ4v) is 2.18. The van der Waals surface area contributed by atoms with Gasteiger partial charge in [0.25, 0.3) is 5.91 Å². The molecular formula is C17H22N2O3. The number of amides is 1. The molecule has 0 aliphatic carbocycles. The molecule has 118 valence electrons. The number of fused-ring (bicyclic) bond motifs is 1. The monoisotopic (exact) mass is 302 g/mol. The fourth-order valence-electron chi connectivity index (χ4n) is 2.18. The summed E-state index contributed by atoms with van der Waals surface area (Å²) in [6, 6.07) is 7.20. The van der Waals surface area contributed by atoms with Crippen LogP contribution in [0.2, 0.25) is 0 Å². The van der Waals surface area contributed by atoms with E-state index in [1.807, 2.05) is 32.9 Å². The third-order valence-corrected chi connectivity index (χ3v) is 3.63. The van der Waals surface area contributed by atoms with Gasteiger partial charge in [0, 0.05) is 17.6 Å². The van der Waals surface area contributed by atoms with Gasteiger partial charge in [0.15, 0.2) is 0 Å². The van der Waals surface area contributed by atoms with E-state index in [0.717, 1.165) is 16.6 Å². The number of aliphatic hydroxyl groups is 1. The number of hydrogen-bond acceptors (Lipinski definition) is 4. The zero-order valence-electron chi connectivity index (χ0n) is 13.4. The molecule has 5 heteroatoms. The van der Waals surface area contributed by atoms with E-state index in [4.69, 9.17) is 4.74 Å². The van der Waals surface area contributed by atoms with Crippen LogP contribution in [0.5, 0.6) is 5.75 Å². The second-order valence-electron chi connectivity index (χ2n) is 5.72. The second-order valence-corrected chi connectivity index (χ2v) is 5.72. The van der Waals surface area contributed by atoms with Crippen molar-refractivity contribution in [2.45, 2.75) is 26.9 Å². The molecule has 0 saturated heterocycles. The average Bonchev–Trinajstić information content (AvgIpc) is 2.50. The smallest absolute Gasteiger partial charge is 0.252 e. The highest BCUT2D eigenvalue weighted by Crippen LogP contribution is 2.23. The van der Waals surface area contributed by atoms with E-state index in [1.54, 1.807) is 19.2 Å². The molecule has 1 amide bonds. The van der Waals surface area contributed by atoms with Crippen LogP contribution in [0.3, 0.4) is 0 Å². The highest BCUT2D eigenvalue weighted by molar-refractivity contribution is 6.06. The summed E-state index contributed by atoms with van der Waals surface area (Å²) in [5.41, 5.74) is 2.06. The Hall–Kier alpha value is -2.14. The Labute approximate surface area is 130 Å². The number of carbonyl (C=O) groups excluding carboxylic acids is 1. The van der Waals surface area contributed by atoms with Gasteiger partial charge in [-0.15, -0.1) is 0 Å². The molecule has 0 aliphatic heterocycles. The van der Waals surface area contributed by atoms with Crippen molar-refractivity contribution in [2.75, 3.05) is 13.7 Å². The molecule has 1 atom stereocenters. The minimum atomic E-state index is -0.562. The largest absolute Gasteiger partial charge is 0.497 e. The number of pyridine rings is 1. The van der Waals surface area contributed by atoms with Gasteiger partial charge in [-0.05, 0) is 37.1 Å². The van der Waals surface area contributed by atoms with E-state index in [9.17, 15) is 9.90 Å². The van der Waals surface area contributed by atoms with Crippen LogP contribution in [0.1, 0.15) is 29.9 Å². The standard InChI is InChI=1S/C17H22N2O3/c1-10(2)16(20)9-18-17(21)14-7-11(3)19-15-6-5-12(22-4)8-13(14)15/h5-8,10,16,20H,9H2,1-4H3,(H,18,21). The molecule has 1 heterocycles. The van der Waals surface area contributed by atoms with E-state index in [1.165, 1.54) is 0 Å². The maximum Gasteiger partial charge on any atom is 0.252 e. The van der Waals surface area contributed by atoms with Crippen LogP contribution < -0.4 is 10.1 Å². The molecule has 0 bridgehead atoms. The summed E-state index contributed by atoms with van der Waals surface area (Å²) in [6.45, 7) is 5.90. The molecular weight excluding hydrogens is 280 g/mol. The van der Waals surface area contributed by atoms with Crippen molar-refractivity contribution in [1.29, 1.82) is 0 Å². The number of methoxy groups -OCH3 is 1. The lowest BCUT2D eigenvalue weighted by Crippen LogP contribution is -2.34. The molecule has 0 spiro atoms. The molecule has 1 aromatic heterocycles. The van der Waals surface area contributed by atoms with Crippen LogP contribution in [0.25, 0.3) is 10.9 Å². The van der Waals surface area contributed by atoms with Crippen LogP contribution in [0, 0.1) is 12.8 Å². The molecule has 0 saturated carbocycles. The van der Waals surface area contributed by atoms with Crippen molar-refractivity contribution in [3.8, 4) is 5.75 Å². The summed E-state index contributed by atoms with van der Waals surface area (Å²) in [7, 11) is 1.58. The number of aliphatic hydroxyl groups excluding tert-OH is 1. The summed E-state index contributed by atoms with van der Waals surface area (Å²) in [5.74, 6) is 0.550. The van der Waals surface area contributed by atoms with Crippen molar-refractivity contribution in [1.82, 2.24) is 10.3 Å². The van der Waals surface area contributed by atoms with Gasteiger partial charge < -0.3 is 15.2 Å². The van der Waals surface area contributed by atoms with Crippen LogP contribution in [0.4, 0.5) is 0 Å². The molecule has 0 aliphatic rings. The van der Waals surface area contributed by atoms with E-state index in [-0.39, 0.29) is 18.4 Å².